The molecule has 1 fully saturated rings. The van der Waals surface area contributed by atoms with Gasteiger partial charge in [0.15, 0.2) is 6.29 Å². The smallest absolute Gasteiger partial charge is 0.269 e. The van der Waals surface area contributed by atoms with Crippen LogP contribution < -0.4 is 0 Å². The molecule has 1 aromatic carbocycles. The molecule has 122 valence electrons. The Labute approximate surface area is 125 Å². The average molecular weight is 315 g/mol. The van der Waals surface area contributed by atoms with Crippen molar-refractivity contribution in [1.82, 2.24) is 0 Å². The largest absolute Gasteiger partial charge is 0.394 e. The van der Waals surface area contributed by atoms with Gasteiger partial charge >= 0.3 is 0 Å². The number of nitro benzene ring substituents is 1. The summed E-state index contributed by atoms with van der Waals surface area (Å²) in [6.45, 7) is -0.596. The highest BCUT2D eigenvalue weighted by atomic mass is 16.7. The minimum absolute atomic E-state index is 0.0450. The predicted molar refractivity (Wildman–Crippen MR) is 71.7 cm³/mol. The van der Waals surface area contributed by atoms with E-state index in [0.29, 0.717) is 5.56 Å². The van der Waals surface area contributed by atoms with Gasteiger partial charge in [-0.3, -0.25) is 10.1 Å². The van der Waals surface area contributed by atoms with Gasteiger partial charge in [-0.05, 0) is 17.7 Å². The van der Waals surface area contributed by atoms with E-state index in [1.807, 2.05) is 0 Å². The van der Waals surface area contributed by atoms with E-state index in [4.69, 9.17) is 14.6 Å². The molecule has 1 aromatic rings. The van der Waals surface area contributed by atoms with Crippen LogP contribution in [0.15, 0.2) is 24.3 Å². The average Bonchev–Trinajstić information content (AvgIpc) is 2.51. The van der Waals surface area contributed by atoms with Crippen molar-refractivity contribution >= 4 is 5.69 Å². The molecule has 0 unspecified atom stereocenters. The zero-order chi connectivity index (χ0) is 16.3. The summed E-state index contributed by atoms with van der Waals surface area (Å²) in [5.41, 5.74) is 0.523. The number of aliphatic hydroxyl groups excluding tert-OH is 4. The first-order valence-electron chi connectivity index (χ1n) is 6.59. The third-order valence-electron chi connectivity index (χ3n) is 3.43. The normalized spacial score (nSPS) is 31.9. The third kappa shape index (κ3) is 3.58. The maximum Gasteiger partial charge on any atom is 0.269 e. The first-order valence-corrected chi connectivity index (χ1v) is 6.59. The molecule has 5 atom stereocenters. The number of nitrogens with zero attached hydrogens (tertiary/aromatic N) is 1. The molecule has 2 rings (SSSR count). The lowest BCUT2D eigenvalue weighted by Gasteiger charge is -2.39. The van der Waals surface area contributed by atoms with Gasteiger partial charge in [0.1, 0.15) is 24.4 Å². The van der Waals surface area contributed by atoms with Crippen molar-refractivity contribution in [3.05, 3.63) is 39.9 Å². The minimum atomic E-state index is -1.51. The second kappa shape index (κ2) is 7.09. The summed E-state index contributed by atoms with van der Waals surface area (Å²) >= 11 is 0. The Bertz CT molecular complexity index is 507. The highest BCUT2D eigenvalue weighted by Crippen LogP contribution is 2.23. The summed E-state index contributed by atoms with van der Waals surface area (Å²) in [5, 5.41) is 48.8. The van der Waals surface area contributed by atoms with Gasteiger partial charge in [-0.15, -0.1) is 0 Å². The highest BCUT2D eigenvalue weighted by Gasteiger charge is 2.44. The Kier molecular flexibility index (Phi) is 5.40. The number of nitro groups is 1. The van der Waals surface area contributed by atoms with E-state index in [1.54, 1.807) is 0 Å². The topological polar surface area (TPSA) is 143 Å². The Morgan fingerprint density at radius 1 is 1.18 bits per heavy atom. The van der Waals surface area contributed by atoms with Crippen LogP contribution in [-0.4, -0.2) is 62.7 Å². The Balaban J connectivity index is 1.97. The maximum absolute atomic E-state index is 10.5. The van der Waals surface area contributed by atoms with Gasteiger partial charge in [-0.2, -0.15) is 0 Å². The fraction of sp³-hybridized carbons (Fsp3) is 0.538. The molecule has 1 aliphatic heterocycles. The van der Waals surface area contributed by atoms with Crippen LogP contribution in [0.3, 0.4) is 0 Å². The van der Waals surface area contributed by atoms with Gasteiger partial charge in [-0.1, -0.05) is 0 Å². The van der Waals surface area contributed by atoms with Gasteiger partial charge < -0.3 is 29.9 Å². The second-order valence-electron chi connectivity index (χ2n) is 4.93. The molecule has 9 nitrogen and oxygen atoms in total. The second-order valence-corrected chi connectivity index (χ2v) is 4.93. The lowest BCUT2D eigenvalue weighted by atomic mass is 9.99. The summed E-state index contributed by atoms with van der Waals surface area (Å²) in [4.78, 5) is 10.0. The van der Waals surface area contributed by atoms with Crippen LogP contribution in [0.25, 0.3) is 0 Å². The fourth-order valence-electron chi connectivity index (χ4n) is 2.16. The molecule has 0 spiro atoms. The molecule has 0 amide bonds. The quantitative estimate of drug-likeness (QED) is 0.396. The molecule has 0 bridgehead atoms. The number of rotatable bonds is 5. The highest BCUT2D eigenvalue weighted by molar-refractivity contribution is 5.32. The van der Waals surface area contributed by atoms with Crippen molar-refractivity contribution in [2.75, 3.05) is 6.61 Å². The van der Waals surface area contributed by atoms with Crippen molar-refractivity contribution in [2.24, 2.45) is 0 Å². The van der Waals surface area contributed by atoms with Gasteiger partial charge in [0, 0.05) is 12.1 Å². The number of ether oxygens (including phenoxy) is 2. The number of hydrogen-bond acceptors (Lipinski definition) is 8. The van der Waals surface area contributed by atoms with Gasteiger partial charge in [0.25, 0.3) is 5.69 Å². The molecule has 22 heavy (non-hydrogen) atoms. The van der Waals surface area contributed by atoms with E-state index in [1.165, 1.54) is 24.3 Å². The lowest BCUT2D eigenvalue weighted by Crippen LogP contribution is -2.59. The van der Waals surface area contributed by atoms with E-state index in [9.17, 15) is 25.4 Å². The van der Waals surface area contributed by atoms with Crippen LogP contribution in [0, 0.1) is 10.1 Å². The summed E-state index contributed by atoms with van der Waals surface area (Å²) in [5.74, 6) is 0. The zero-order valence-electron chi connectivity index (χ0n) is 11.5. The van der Waals surface area contributed by atoms with Crippen LogP contribution in [0.5, 0.6) is 0 Å². The SMILES string of the molecule is O=[N+]([O-])c1ccc(CO[C@H]2[C@@H](O)[C@H](O)[C@@H](CO)O[C@@H]2O)cc1. The van der Waals surface area contributed by atoms with Crippen molar-refractivity contribution < 1.29 is 34.8 Å². The van der Waals surface area contributed by atoms with E-state index in [0.717, 1.165) is 0 Å². The Hall–Kier alpha value is -1.62. The van der Waals surface area contributed by atoms with Gasteiger partial charge in [0.05, 0.1) is 18.1 Å². The van der Waals surface area contributed by atoms with Crippen molar-refractivity contribution in [3.8, 4) is 0 Å². The standard InChI is InChI=1S/C13H17NO8/c15-5-9-10(16)11(17)12(13(18)22-9)21-6-7-1-3-8(4-2-7)14(19)20/h1-4,9-13,15-18H,5-6H2/t9-,10-,11+,12+,13+/m1/s1. The first-order chi connectivity index (χ1) is 10.4. The molecular formula is C13H17NO8. The van der Waals surface area contributed by atoms with Crippen molar-refractivity contribution in [2.45, 2.75) is 37.3 Å². The summed E-state index contributed by atoms with van der Waals surface area (Å²) in [6, 6.07) is 5.57. The first kappa shape index (κ1) is 16.7. The molecule has 9 heteroatoms. The zero-order valence-corrected chi connectivity index (χ0v) is 11.5. The van der Waals surface area contributed by atoms with Crippen LogP contribution in [-0.2, 0) is 16.1 Å². The number of benzene rings is 1. The number of aliphatic hydroxyl groups is 4. The number of non-ortho nitro benzene ring substituents is 1. The Morgan fingerprint density at radius 2 is 1.82 bits per heavy atom. The van der Waals surface area contributed by atoms with Gasteiger partial charge in [-0.25, -0.2) is 0 Å². The summed E-state index contributed by atoms with van der Waals surface area (Å²) in [6.07, 6.45) is -6.62. The third-order valence-corrected chi connectivity index (χ3v) is 3.43. The van der Waals surface area contributed by atoms with Gasteiger partial charge in [0.2, 0.25) is 0 Å². The van der Waals surface area contributed by atoms with E-state index in [2.05, 4.69) is 0 Å². The summed E-state index contributed by atoms with van der Waals surface area (Å²) in [7, 11) is 0. The molecule has 0 aliphatic carbocycles. The van der Waals surface area contributed by atoms with Crippen LogP contribution >= 0.6 is 0 Å². The maximum atomic E-state index is 10.5. The number of hydrogen-bond donors (Lipinski definition) is 4. The molecule has 1 aliphatic rings. The van der Waals surface area contributed by atoms with E-state index < -0.39 is 42.2 Å². The summed E-state index contributed by atoms with van der Waals surface area (Å²) < 4.78 is 10.3. The monoisotopic (exact) mass is 315 g/mol. The lowest BCUT2D eigenvalue weighted by molar-refractivity contribution is -0.384. The van der Waals surface area contributed by atoms with Crippen LogP contribution in [0.4, 0.5) is 5.69 Å². The molecule has 0 saturated carbocycles. The van der Waals surface area contributed by atoms with Crippen molar-refractivity contribution in [1.29, 1.82) is 0 Å². The molecule has 1 saturated heterocycles. The fourth-order valence-corrected chi connectivity index (χ4v) is 2.16. The minimum Gasteiger partial charge on any atom is -0.394 e. The van der Waals surface area contributed by atoms with Crippen LogP contribution in [0.1, 0.15) is 5.56 Å². The van der Waals surface area contributed by atoms with E-state index in [-0.39, 0.29) is 12.3 Å². The molecule has 1 heterocycles. The van der Waals surface area contributed by atoms with Crippen LogP contribution in [0.2, 0.25) is 0 Å². The predicted octanol–water partition coefficient (Wildman–Crippen LogP) is -1.09. The molecular weight excluding hydrogens is 298 g/mol. The van der Waals surface area contributed by atoms with Crippen molar-refractivity contribution in [3.63, 3.8) is 0 Å². The molecule has 0 aromatic heterocycles. The molecule has 0 radical (unpaired) electrons. The Morgan fingerprint density at radius 3 is 2.36 bits per heavy atom. The van der Waals surface area contributed by atoms with E-state index >= 15 is 0 Å². The molecule has 4 N–H and O–H groups in total.